The van der Waals surface area contributed by atoms with Crippen LogP contribution in [0.15, 0.2) is 66.7 Å². The first-order chi connectivity index (χ1) is 18.4. The van der Waals surface area contributed by atoms with Crippen LogP contribution in [0.25, 0.3) is 0 Å². The number of nitrogens with zero attached hydrogens (tertiary/aromatic N) is 2. The van der Waals surface area contributed by atoms with Crippen molar-refractivity contribution in [1.29, 1.82) is 0 Å². The number of benzene rings is 2. The summed E-state index contributed by atoms with van der Waals surface area (Å²) in [5.41, 5.74) is 3.28. The number of methoxy groups -OCH3 is 1. The van der Waals surface area contributed by atoms with E-state index in [2.05, 4.69) is 24.1 Å². The van der Waals surface area contributed by atoms with Crippen LogP contribution in [0.4, 0.5) is 16.2 Å². The van der Waals surface area contributed by atoms with E-state index in [1.54, 1.807) is 17.0 Å². The molecule has 0 spiro atoms. The van der Waals surface area contributed by atoms with E-state index in [4.69, 9.17) is 9.47 Å². The van der Waals surface area contributed by atoms with E-state index in [0.29, 0.717) is 37.3 Å². The topological polar surface area (TPSA) is 101 Å². The van der Waals surface area contributed by atoms with Crippen molar-refractivity contribution in [3.63, 3.8) is 0 Å². The summed E-state index contributed by atoms with van der Waals surface area (Å²) in [6.07, 6.45) is 2.27. The smallest absolute Gasteiger partial charge is 0.326 e. The molecule has 0 atom stereocenters. The maximum Gasteiger partial charge on any atom is 0.326 e. The zero-order valence-electron chi connectivity index (χ0n) is 22.1. The summed E-state index contributed by atoms with van der Waals surface area (Å²) >= 11 is 0. The van der Waals surface area contributed by atoms with Gasteiger partial charge in [0.25, 0.3) is 0 Å². The van der Waals surface area contributed by atoms with Gasteiger partial charge in [-0.05, 0) is 54.9 Å². The number of rotatable bonds is 9. The van der Waals surface area contributed by atoms with Gasteiger partial charge in [0.1, 0.15) is 12.3 Å². The minimum Gasteiger partial charge on any atom is -0.481 e. The number of anilines is 2. The summed E-state index contributed by atoms with van der Waals surface area (Å²) < 4.78 is 11.3. The van der Waals surface area contributed by atoms with E-state index in [0.717, 1.165) is 16.8 Å². The van der Waals surface area contributed by atoms with Crippen molar-refractivity contribution >= 4 is 23.4 Å². The summed E-state index contributed by atoms with van der Waals surface area (Å²) in [5.74, 6) is -0.315. The molecule has 2 N–H and O–H groups in total. The Labute approximate surface area is 223 Å². The molecule has 1 aromatic heterocycles. The molecule has 0 bridgehead atoms. The lowest BCUT2D eigenvalue weighted by Gasteiger charge is -2.37. The number of ether oxygens (including phenoxy) is 2. The standard InChI is InChI=1S/C30H35N3O5/c1-20(2)24-11-7-8-12-26(24)33(23-15-13-22(14-16-23)29(34)35)30(36)31-25-17-18-27(37-3)32-28(25)38-19-21-9-5-4-6-10-21/h4-12,17-18,20,22-23H,13-16,19H2,1-3H3,(H,31,36)(H,34,35)/t22-,23-. The Balaban J connectivity index is 1.63. The lowest BCUT2D eigenvalue weighted by molar-refractivity contribution is -0.142. The first kappa shape index (κ1) is 27.0. The number of para-hydroxylation sites is 1. The average Bonchev–Trinajstić information content (AvgIpc) is 2.93. The number of hydrogen-bond acceptors (Lipinski definition) is 5. The first-order valence-electron chi connectivity index (χ1n) is 13.0. The Morgan fingerprint density at radius 3 is 2.34 bits per heavy atom. The molecule has 2 amide bonds. The molecule has 0 aliphatic heterocycles. The normalized spacial score (nSPS) is 17.1. The van der Waals surface area contributed by atoms with Gasteiger partial charge < -0.3 is 19.9 Å². The van der Waals surface area contributed by atoms with Crippen molar-refractivity contribution in [2.75, 3.05) is 17.3 Å². The Bertz CT molecular complexity index is 1240. The van der Waals surface area contributed by atoms with Crippen molar-refractivity contribution in [1.82, 2.24) is 4.98 Å². The van der Waals surface area contributed by atoms with Crippen molar-refractivity contribution in [3.05, 3.63) is 77.9 Å². The van der Waals surface area contributed by atoms with Gasteiger partial charge in [-0.3, -0.25) is 9.69 Å². The van der Waals surface area contributed by atoms with Gasteiger partial charge in [-0.15, -0.1) is 0 Å². The van der Waals surface area contributed by atoms with E-state index in [1.165, 1.54) is 7.11 Å². The van der Waals surface area contributed by atoms with Crippen LogP contribution in [0.3, 0.4) is 0 Å². The molecule has 3 aromatic rings. The maximum absolute atomic E-state index is 14.0. The second-order valence-corrected chi connectivity index (χ2v) is 9.84. The van der Waals surface area contributed by atoms with Crippen LogP contribution in [0, 0.1) is 5.92 Å². The van der Waals surface area contributed by atoms with Crippen molar-refractivity contribution in [2.45, 2.75) is 58.1 Å². The van der Waals surface area contributed by atoms with Gasteiger partial charge in [0.05, 0.1) is 13.0 Å². The lowest BCUT2D eigenvalue weighted by atomic mass is 9.85. The largest absolute Gasteiger partial charge is 0.481 e. The highest BCUT2D eigenvalue weighted by molar-refractivity contribution is 6.03. The number of aromatic nitrogens is 1. The van der Waals surface area contributed by atoms with Crippen LogP contribution < -0.4 is 19.7 Å². The Kier molecular flexibility index (Phi) is 8.84. The third-order valence-electron chi connectivity index (χ3n) is 6.95. The molecule has 0 unspecified atom stereocenters. The predicted octanol–water partition coefficient (Wildman–Crippen LogP) is 6.47. The van der Waals surface area contributed by atoms with Crippen molar-refractivity contribution in [3.8, 4) is 11.8 Å². The lowest BCUT2D eigenvalue weighted by Crippen LogP contribution is -2.46. The third-order valence-corrected chi connectivity index (χ3v) is 6.95. The molecule has 1 aliphatic carbocycles. The minimum absolute atomic E-state index is 0.134. The van der Waals surface area contributed by atoms with Gasteiger partial charge in [-0.25, -0.2) is 4.79 Å². The minimum atomic E-state index is -0.772. The number of hydrogen-bond donors (Lipinski definition) is 2. The van der Waals surface area contributed by atoms with E-state index in [1.807, 2.05) is 54.6 Å². The highest BCUT2D eigenvalue weighted by atomic mass is 16.5. The van der Waals surface area contributed by atoms with Crippen LogP contribution in [0.2, 0.25) is 0 Å². The van der Waals surface area contributed by atoms with Crippen molar-refractivity contribution < 1.29 is 24.2 Å². The van der Waals surface area contributed by atoms with Crippen LogP contribution in [-0.4, -0.2) is 35.2 Å². The second kappa shape index (κ2) is 12.4. The van der Waals surface area contributed by atoms with Gasteiger partial charge >= 0.3 is 12.0 Å². The average molecular weight is 518 g/mol. The monoisotopic (exact) mass is 517 g/mol. The third kappa shape index (κ3) is 6.43. The molecule has 8 heteroatoms. The van der Waals surface area contributed by atoms with Crippen LogP contribution in [-0.2, 0) is 11.4 Å². The molecule has 200 valence electrons. The number of carbonyl (C=O) groups is 2. The number of urea groups is 1. The van der Waals surface area contributed by atoms with E-state index in [-0.39, 0.29) is 36.4 Å². The molecule has 4 rings (SSSR count). The quantitative estimate of drug-likeness (QED) is 0.337. The molecule has 8 nitrogen and oxygen atoms in total. The second-order valence-electron chi connectivity index (χ2n) is 9.84. The summed E-state index contributed by atoms with van der Waals surface area (Å²) in [7, 11) is 1.53. The fraction of sp³-hybridized carbons (Fsp3) is 0.367. The molecule has 1 heterocycles. The number of carboxylic acid groups (broad SMARTS) is 1. The van der Waals surface area contributed by atoms with Crippen LogP contribution >= 0.6 is 0 Å². The SMILES string of the molecule is COc1ccc(NC(=O)N(c2ccccc2C(C)C)[C@H]2CC[C@H](C(=O)O)CC2)c(OCc2ccccc2)n1. The fourth-order valence-corrected chi connectivity index (χ4v) is 4.89. The Hall–Kier alpha value is -4.07. The predicted molar refractivity (Wildman–Crippen MR) is 147 cm³/mol. The summed E-state index contributed by atoms with van der Waals surface area (Å²) in [6.45, 7) is 4.47. The fourth-order valence-electron chi connectivity index (χ4n) is 4.89. The molecular weight excluding hydrogens is 482 g/mol. The summed E-state index contributed by atoms with van der Waals surface area (Å²) in [5, 5.41) is 12.5. The molecule has 2 aromatic carbocycles. The Morgan fingerprint density at radius 2 is 1.68 bits per heavy atom. The van der Waals surface area contributed by atoms with E-state index >= 15 is 0 Å². The zero-order valence-corrected chi connectivity index (χ0v) is 22.1. The van der Waals surface area contributed by atoms with Gasteiger partial charge in [-0.1, -0.05) is 62.4 Å². The first-order valence-corrected chi connectivity index (χ1v) is 13.0. The number of aliphatic carboxylic acids is 1. The van der Waals surface area contributed by atoms with E-state index < -0.39 is 5.97 Å². The van der Waals surface area contributed by atoms with Crippen LogP contribution in [0.5, 0.6) is 11.8 Å². The van der Waals surface area contributed by atoms with Gasteiger partial charge in [0, 0.05) is 17.8 Å². The maximum atomic E-state index is 14.0. The number of carbonyl (C=O) groups excluding carboxylic acids is 1. The molecular formula is C30H35N3O5. The van der Waals surface area contributed by atoms with Gasteiger partial charge in [0.15, 0.2) is 0 Å². The molecule has 1 saturated carbocycles. The summed E-state index contributed by atoms with van der Waals surface area (Å²) in [4.78, 5) is 31.7. The summed E-state index contributed by atoms with van der Waals surface area (Å²) in [6, 6.07) is 20.6. The van der Waals surface area contributed by atoms with E-state index in [9.17, 15) is 14.7 Å². The number of amides is 2. The number of nitrogens with one attached hydrogen (secondary N) is 1. The van der Waals surface area contributed by atoms with Crippen molar-refractivity contribution in [2.24, 2.45) is 5.92 Å². The van der Waals surface area contributed by atoms with Gasteiger partial charge in [-0.2, -0.15) is 4.98 Å². The molecule has 1 aliphatic rings. The Morgan fingerprint density at radius 1 is 1.00 bits per heavy atom. The zero-order chi connectivity index (χ0) is 27.1. The van der Waals surface area contributed by atoms with Gasteiger partial charge in [0.2, 0.25) is 11.8 Å². The molecule has 38 heavy (non-hydrogen) atoms. The number of pyridine rings is 1. The number of carboxylic acids is 1. The highest BCUT2D eigenvalue weighted by Gasteiger charge is 2.34. The highest BCUT2D eigenvalue weighted by Crippen LogP contribution is 2.36. The molecule has 1 fully saturated rings. The molecule has 0 radical (unpaired) electrons. The van der Waals surface area contributed by atoms with Crippen LogP contribution in [0.1, 0.15) is 56.6 Å². The molecule has 0 saturated heterocycles.